The number of carbonyl (C=O) groups is 2. The molecule has 7 nitrogen and oxygen atoms in total. The van der Waals surface area contributed by atoms with Crippen LogP contribution in [0.25, 0.3) is 0 Å². The predicted octanol–water partition coefficient (Wildman–Crippen LogP) is 0.671. The lowest BCUT2D eigenvalue weighted by molar-refractivity contribution is -0.163. The van der Waals surface area contributed by atoms with Crippen LogP contribution in [-0.2, 0) is 19.2 Å². The summed E-state index contributed by atoms with van der Waals surface area (Å²) in [5, 5.41) is 10.0. The number of carbonyl (C=O) groups excluding carboxylic acids is 1. The fourth-order valence-electron chi connectivity index (χ4n) is 0.279. The van der Waals surface area contributed by atoms with Crippen LogP contribution in [0.4, 0.5) is 0 Å². The van der Waals surface area contributed by atoms with E-state index in [4.69, 9.17) is 10.0 Å². The van der Waals surface area contributed by atoms with Gasteiger partial charge in [0.05, 0.1) is 0 Å². The minimum atomic E-state index is -1.59. The van der Waals surface area contributed by atoms with Gasteiger partial charge in [0, 0.05) is 0 Å². The molecule has 0 saturated carbocycles. The van der Waals surface area contributed by atoms with E-state index in [1.165, 1.54) is 12.2 Å². The van der Waals surface area contributed by atoms with Crippen molar-refractivity contribution in [1.29, 1.82) is 0 Å². The summed E-state index contributed by atoms with van der Waals surface area (Å²) in [7, 11) is 0. The Morgan fingerprint density at radius 3 is 2.07 bits per heavy atom. The molecule has 0 aromatic carbocycles. The van der Waals surface area contributed by atoms with E-state index in [1.807, 2.05) is 0 Å². The normalized spacial score (nSPS) is 7.47. The van der Waals surface area contributed by atoms with Crippen LogP contribution in [0.3, 0.4) is 0 Å². The highest BCUT2D eigenvalue weighted by Gasteiger charge is 2.10. The smallest absolute Gasteiger partial charge is 0.417 e. The average molecular weight is 217 g/mol. The number of carboxylic acid groups (broad SMARTS) is 1. The number of hydrogen-bond acceptors (Lipinski definition) is 6. The molecule has 0 aliphatic rings. The molecule has 0 fully saturated rings. The van der Waals surface area contributed by atoms with Crippen LogP contribution in [0.2, 0.25) is 0 Å². The zero-order valence-corrected chi connectivity index (χ0v) is 7.92. The van der Waals surface area contributed by atoms with Gasteiger partial charge < -0.3 is 14.7 Å². The Morgan fingerprint density at radius 2 is 1.80 bits per heavy atom. The third-order valence-corrected chi connectivity index (χ3v) is 0.752. The maximum atomic E-state index is 10.0. The molecule has 0 atom stereocenters. The molecule has 0 aromatic heterocycles. The summed E-state index contributed by atoms with van der Waals surface area (Å²) in [6.07, 6.45) is 2.74. The molecule has 15 heavy (non-hydrogen) atoms. The van der Waals surface area contributed by atoms with Crippen LogP contribution in [-0.4, -0.2) is 30.3 Å². The van der Waals surface area contributed by atoms with Crippen LogP contribution in [0.1, 0.15) is 0 Å². The maximum absolute atomic E-state index is 10.0. The van der Waals surface area contributed by atoms with Crippen LogP contribution in [0.15, 0.2) is 30.7 Å². The minimum absolute atomic E-state index is 0.0644. The highest BCUT2D eigenvalue weighted by Crippen LogP contribution is 1.77. The molecule has 0 amide bonds. The first kappa shape index (κ1) is 15.3. The van der Waals surface area contributed by atoms with Crippen LogP contribution in [0, 0.1) is 4.91 Å². The average Bonchev–Trinajstić information content (AvgIpc) is 2.23. The van der Waals surface area contributed by atoms with Gasteiger partial charge in [0.25, 0.3) is 0 Å². The Bertz CT molecular complexity index is 229. The van der Waals surface area contributed by atoms with Gasteiger partial charge in [-0.3, -0.25) is 0 Å². The van der Waals surface area contributed by atoms with Crippen molar-refractivity contribution in [3.05, 3.63) is 30.2 Å². The molecule has 0 aliphatic carbocycles. The Balaban J connectivity index is 0. The zero-order chi connectivity index (χ0) is 12.1. The summed E-state index contributed by atoms with van der Waals surface area (Å²) in [6, 6.07) is 0. The molecule has 7 heteroatoms. The molecule has 0 saturated heterocycles. The second-order valence-electron chi connectivity index (χ2n) is 1.85. The van der Waals surface area contributed by atoms with Gasteiger partial charge in [-0.1, -0.05) is 25.3 Å². The van der Waals surface area contributed by atoms with Gasteiger partial charge in [0.15, 0.2) is 5.34 Å². The van der Waals surface area contributed by atoms with Gasteiger partial charge in [-0.05, 0) is 0 Å². The highest BCUT2D eigenvalue weighted by molar-refractivity contribution is 6.28. The van der Waals surface area contributed by atoms with E-state index >= 15 is 0 Å². The van der Waals surface area contributed by atoms with Gasteiger partial charge in [0.2, 0.25) is 0 Å². The summed E-state index contributed by atoms with van der Waals surface area (Å²) in [5.74, 6) is -2.84. The standard InChI is InChI=1S/C5H6O4.C3H5NO2/c1-2-3-9-5(8)4(6)7;1-2-3-6-4-5/h2H,1,3H2,(H,6,7);2H,1,3H2. The fourth-order valence-corrected chi connectivity index (χ4v) is 0.279. The van der Waals surface area contributed by atoms with Crippen LogP contribution in [0.5, 0.6) is 0 Å². The molecule has 0 aromatic rings. The van der Waals surface area contributed by atoms with E-state index in [9.17, 15) is 9.59 Å². The van der Waals surface area contributed by atoms with Crippen molar-refractivity contribution in [2.45, 2.75) is 0 Å². The SMILES string of the molecule is C=CCOC(=O)C(=O)O.C=CCON=O. The van der Waals surface area contributed by atoms with E-state index in [-0.39, 0.29) is 13.2 Å². The molecular weight excluding hydrogens is 206 g/mol. The van der Waals surface area contributed by atoms with Crippen molar-refractivity contribution in [3.63, 3.8) is 0 Å². The minimum Gasteiger partial charge on any atom is -0.473 e. The molecular formula is C8H11NO6. The lowest BCUT2D eigenvalue weighted by Gasteiger charge is -1.93. The molecule has 0 unspecified atom stereocenters. The maximum Gasteiger partial charge on any atom is 0.417 e. The largest absolute Gasteiger partial charge is 0.473 e. The van der Waals surface area contributed by atoms with E-state index in [0.29, 0.717) is 0 Å². The Morgan fingerprint density at radius 1 is 1.27 bits per heavy atom. The van der Waals surface area contributed by atoms with Crippen molar-refractivity contribution < 1.29 is 24.3 Å². The number of aliphatic carboxylic acids is 1. The second kappa shape index (κ2) is 11.8. The summed E-state index contributed by atoms with van der Waals surface area (Å²) in [6.45, 7) is 6.63. The summed E-state index contributed by atoms with van der Waals surface area (Å²) in [5.41, 5.74) is 0. The topological polar surface area (TPSA) is 102 Å². The summed E-state index contributed by atoms with van der Waals surface area (Å²) < 4.78 is 4.10. The Kier molecular flexibility index (Phi) is 12.1. The predicted molar refractivity (Wildman–Crippen MR) is 50.7 cm³/mol. The van der Waals surface area contributed by atoms with E-state index in [1.54, 1.807) is 0 Å². The number of rotatable bonds is 5. The van der Waals surface area contributed by atoms with Gasteiger partial charge in [-0.2, -0.15) is 0 Å². The third-order valence-electron chi connectivity index (χ3n) is 0.752. The van der Waals surface area contributed by atoms with Gasteiger partial charge in [-0.15, -0.1) is 4.91 Å². The first-order valence-electron chi connectivity index (χ1n) is 3.66. The molecule has 0 radical (unpaired) electrons. The fraction of sp³-hybridized carbons (Fsp3) is 0.250. The van der Waals surface area contributed by atoms with Crippen molar-refractivity contribution in [2.75, 3.05) is 13.2 Å². The van der Waals surface area contributed by atoms with Crippen molar-refractivity contribution in [2.24, 2.45) is 5.34 Å². The van der Waals surface area contributed by atoms with Crippen molar-refractivity contribution in [3.8, 4) is 0 Å². The highest BCUT2D eigenvalue weighted by atomic mass is 16.7. The molecule has 0 rings (SSSR count). The van der Waals surface area contributed by atoms with E-state index in [0.717, 1.165) is 0 Å². The lowest BCUT2D eigenvalue weighted by atomic mass is 10.6. The molecule has 0 aliphatic heterocycles. The first-order chi connectivity index (χ1) is 7.09. The molecule has 84 valence electrons. The van der Waals surface area contributed by atoms with Crippen molar-refractivity contribution >= 4 is 11.9 Å². The molecule has 0 bridgehead atoms. The number of hydrogen-bond donors (Lipinski definition) is 1. The molecule has 1 N–H and O–H groups in total. The molecule has 0 heterocycles. The third kappa shape index (κ3) is 14.7. The Labute approximate surface area is 85.9 Å². The summed E-state index contributed by atoms with van der Waals surface area (Å²) in [4.78, 5) is 32.7. The molecule has 0 spiro atoms. The van der Waals surface area contributed by atoms with E-state index in [2.05, 4.69) is 28.1 Å². The lowest BCUT2D eigenvalue weighted by Crippen LogP contribution is -2.15. The number of ether oxygens (including phenoxy) is 1. The number of nitrogens with zero attached hydrogens (tertiary/aromatic N) is 1. The quantitative estimate of drug-likeness (QED) is 0.181. The van der Waals surface area contributed by atoms with Gasteiger partial charge >= 0.3 is 11.9 Å². The van der Waals surface area contributed by atoms with Crippen molar-refractivity contribution in [1.82, 2.24) is 0 Å². The van der Waals surface area contributed by atoms with Gasteiger partial charge in [-0.25, -0.2) is 9.59 Å². The monoisotopic (exact) mass is 217 g/mol. The van der Waals surface area contributed by atoms with E-state index < -0.39 is 11.9 Å². The summed E-state index contributed by atoms with van der Waals surface area (Å²) >= 11 is 0. The number of esters is 1. The van der Waals surface area contributed by atoms with Crippen LogP contribution < -0.4 is 0 Å². The van der Waals surface area contributed by atoms with Crippen LogP contribution >= 0.6 is 0 Å². The first-order valence-corrected chi connectivity index (χ1v) is 3.66. The van der Waals surface area contributed by atoms with Gasteiger partial charge in [0.1, 0.15) is 13.2 Å². The Hall–Kier alpha value is -2.18. The number of carboxylic acids is 1. The zero-order valence-electron chi connectivity index (χ0n) is 7.92. The second-order valence-corrected chi connectivity index (χ2v) is 1.85.